The van der Waals surface area contributed by atoms with E-state index >= 15 is 0 Å². The van der Waals surface area contributed by atoms with Crippen molar-refractivity contribution in [3.05, 3.63) is 36.0 Å². The summed E-state index contributed by atoms with van der Waals surface area (Å²) in [7, 11) is 1.50. The number of allylic oxidation sites excluding steroid dienone is 3. The first-order chi connectivity index (χ1) is 20.3. The van der Waals surface area contributed by atoms with Gasteiger partial charge in [0, 0.05) is 25.3 Å². The lowest BCUT2D eigenvalue weighted by Gasteiger charge is -2.51. The van der Waals surface area contributed by atoms with Crippen molar-refractivity contribution >= 4 is 23.4 Å². The van der Waals surface area contributed by atoms with Gasteiger partial charge in [-0.15, -0.1) is 0 Å². The summed E-state index contributed by atoms with van der Waals surface area (Å²) in [4.78, 5) is 53.7. The topological polar surface area (TPSA) is 144 Å². The number of aliphatic hydroxyl groups is 1. The van der Waals surface area contributed by atoms with Crippen molar-refractivity contribution in [1.82, 2.24) is 10.2 Å². The van der Waals surface area contributed by atoms with E-state index in [2.05, 4.69) is 25.2 Å². The smallest absolute Gasteiger partial charge is 0.243 e. The SMILES string of the molecule is CNC(=O)CCC1C(=O)C(C(=O)C=CC(C)=CC(C)C2OC3(C)OC(C=CC34CO4)C2C)C(=O)N1C1CCC(O)C(C)O1. The highest BCUT2D eigenvalue weighted by atomic mass is 16.8. The van der Waals surface area contributed by atoms with E-state index in [9.17, 15) is 24.3 Å². The summed E-state index contributed by atoms with van der Waals surface area (Å²) in [6, 6.07) is -0.961. The number of likely N-dealkylation sites (tertiary alicyclic amines) is 1. The van der Waals surface area contributed by atoms with Gasteiger partial charge in [-0.1, -0.05) is 37.6 Å². The van der Waals surface area contributed by atoms with Gasteiger partial charge in [0.2, 0.25) is 17.6 Å². The summed E-state index contributed by atoms with van der Waals surface area (Å²) in [5.74, 6) is -4.34. The molecule has 4 saturated heterocycles. The Balaban J connectivity index is 1.28. The van der Waals surface area contributed by atoms with E-state index in [4.69, 9.17) is 18.9 Å². The highest BCUT2D eigenvalue weighted by molar-refractivity contribution is 6.26. The van der Waals surface area contributed by atoms with Crippen molar-refractivity contribution in [1.29, 1.82) is 0 Å². The average Bonchev–Trinajstić information content (AvgIpc) is 3.71. The van der Waals surface area contributed by atoms with Gasteiger partial charge in [0.25, 0.3) is 0 Å². The van der Waals surface area contributed by atoms with Gasteiger partial charge < -0.3 is 34.3 Å². The molecule has 5 heterocycles. The zero-order chi connectivity index (χ0) is 31.3. The van der Waals surface area contributed by atoms with Crippen LogP contribution in [0.3, 0.4) is 0 Å². The van der Waals surface area contributed by atoms with Gasteiger partial charge >= 0.3 is 0 Å². The zero-order valence-electron chi connectivity index (χ0n) is 25.8. The number of Topliss-reactive ketones (excluding diaryl/α,β-unsaturated/α-hetero) is 1. The van der Waals surface area contributed by atoms with Crippen LogP contribution in [0.15, 0.2) is 36.0 Å². The Bertz CT molecular complexity index is 1240. The minimum absolute atomic E-state index is 0.0215. The molecule has 11 heteroatoms. The third-order valence-corrected chi connectivity index (χ3v) is 9.68. The van der Waals surface area contributed by atoms with E-state index in [1.807, 2.05) is 26.0 Å². The minimum atomic E-state index is -1.50. The van der Waals surface area contributed by atoms with Gasteiger partial charge in [0.15, 0.2) is 23.1 Å². The fourth-order valence-electron chi connectivity index (χ4n) is 6.85. The zero-order valence-corrected chi connectivity index (χ0v) is 25.8. The first-order valence-corrected chi connectivity index (χ1v) is 15.3. The van der Waals surface area contributed by atoms with Gasteiger partial charge in [-0.05, 0) is 52.2 Å². The molecule has 11 nitrogen and oxygen atoms in total. The lowest BCUT2D eigenvalue weighted by atomic mass is 9.82. The van der Waals surface area contributed by atoms with E-state index in [-0.39, 0.29) is 42.8 Å². The van der Waals surface area contributed by atoms with Crippen LogP contribution in [0.1, 0.15) is 60.3 Å². The molecule has 11 unspecified atom stereocenters. The quantitative estimate of drug-likeness (QED) is 0.133. The third-order valence-electron chi connectivity index (χ3n) is 9.68. The number of hydrogen-bond acceptors (Lipinski definition) is 9. The van der Waals surface area contributed by atoms with Crippen molar-refractivity contribution < 1.29 is 43.2 Å². The van der Waals surface area contributed by atoms with Crippen molar-refractivity contribution in [3.8, 4) is 0 Å². The Hall–Kier alpha value is -2.70. The molecule has 236 valence electrons. The molecule has 0 aliphatic carbocycles. The number of rotatable bonds is 9. The monoisotopic (exact) mass is 600 g/mol. The summed E-state index contributed by atoms with van der Waals surface area (Å²) >= 11 is 0. The maximum absolute atomic E-state index is 13.6. The number of nitrogens with one attached hydrogen (secondary N) is 1. The Kier molecular flexibility index (Phi) is 8.85. The fraction of sp³-hybridized carbons (Fsp3) is 0.688. The van der Waals surface area contributed by atoms with Crippen molar-refractivity contribution in [2.75, 3.05) is 13.7 Å². The number of epoxide rings is 1. The predicted octanol–water partition coefficient (Wildman–Crippen LogP) is 1.98. The number of nitrogens with zero attached hydrogens (tertiary/aromatic N) is 1. The number of hydrogen-bond donors (Lipinski definition) is 2. The van der Waals surface area contributed by atoms with Crippen LogP contribution in [0.4, 0.5) is 0 Å². The Morgan fingerprint density at radius 1 is 1.21 bits per heavy atom. The second-order valence-electron chi connectivity index (χ2n) is 12.8. The summed E-state index contributed by atoms with van der Waals surface area (Å²) in [5, 5.41) is 12.6. The number of aliphatic hydroxyl groups excluding tert-OH is 1. The number of fused-ring (bicyclic) bond motifs is 3. The standard InChI is InChI=1S/C32H44N2O9/c1-17(15-18(2)29-19(3)24-13-14-32(16-40-32)31(5,42-24)43-29)7-9-23(36)27-28(38)21(8-11-25(37)33-6)34(30(27)39)26-12-10-22(35)20(4)41-26/h7,9,13-15,18-22,24,26-27,29,35H,8,10-12,16H2,1-6H3,(H,33,37). The molecule has 11 atom stereocenters. The highest BCUT2D eigenvalue weighted by Crippen LogP contribution is 2.52. The number of carbonyl (C=O) groups is 4. The summed E-state index contributed by atoms with van der Waals surface area (Å²) in [6.07, 6.45) is 7.63. The molecule has 1 spiro atoms. The normalized spacial score (nSPS) is 41.7. The maximum Gasteiger partial charge on any atom is 0.243 e. The molecule has 0 aromatic heterocycles. The molecule has 2 bridgehead atoms. The molecule has 2 N–H and O–H groups in total. The highest BCUT2D eigenvalue weighted by Gasteiger charge is 2.66. The average molecular weight is 601 g/mol. The van der Waals surface area contributed by atoms with Gasteiger partial charge in [0.05, 0.1) is 37.1 Å². The Morgan fingerprint density at radius 2 is 1.93 bits per heavy atom. The van der Waals surface area contributed by atoms with Crippen LogP contribution in [-0.2, 0) is 38.1 Å². The molecular formula is C32H44N2O9. The summed E-state index contributed by atoms with van der Waals surface area (Å²) in [5.41, 5.74) is 0.246. The number of carbonyl (C=O) groups excluding carboxylic acids is 4. The lowest BCUT2D eigenvalue weighted by molar-refractivity contribution is -0.346. The molecule has 5 aliphatic rings. The molecule has 0 saturated carbocycles. The molecule has 43 heavy (non-hydrogen) atoms. The van der Waals surface area contributed by atoms with Gasteiger partial charge in [0.1, 0.15) is 6.23 Å². The van der Waals surface area contributed by atoms with Gasteiger partial charge in [-0.25, -0.2) is 0 Å². The lowest BCUT2D eigenvalue weighted by Crippen LogP contribution is -2.61. The summed E-state index contributed by atoms with van der Waals surface area (Å²) in [6.45, 7) is 10.2. The van der Waals surface area contributed by atoms with Crippen LogP contribution in [0, 0.1) is 17.8 Å². The molecule has 0 aromatic rings. The predicted molar refractivity (Wildman–Crippen MR) is 154 cm³/mol. The van der Waals surface area contributed by atoms with Crippen molar-refractivity contribution in [3.63, 3.8) is 0 Å². The van der Waals surface area contributed by atoms with Gasteiger partial charge in [-0.3, -0.25) is 19.2 Å². The third kappa shape index (κ3) is 5.90. The van der Waals surface area contributed by atoms with E-state index in [1.54, 1.807) is 13.0 Å². The Morgan fingerprint density at radius 3 is 2.58 bits per heavy atom. The molecule has 5 aliphatic heterocycles. The first kappa shape index (κ1) is 31.7. The van der Waals surface area contributed by atoms with Crippen molar-refractivity contribution in [2.45, 2.75) is 108 Å². The van der Waals surface area contributed by atoms with Crippen LogP contribution in [-0.4, -0.2) is 95.1 Å². The fourth-order valence-corrected chi connectivity index (χ4v) is 6.85. The van der Waals surface area contributed by atoms with Gasteiger partial charge in [-0.2, -0.15) is 0 Å². The molecule has 4 fully saturated rings. The van der Waals surface area contributed by atoms with Crippen LogP contribution in [0.5, 0.6) is 0 Å². The summed E-state index contributed by atoms with van der Waals surface area (Å²) < 4.78 is 24.3. The molecule has 0 radical (unpaired) electrons. The van der Waals surface area contributed by atoms with E-state index in [0.29, 0.717) is 19.4 Å². The van der Waals surface area contributed by atoms with Crippen LogP contribution < -0.4 is 5.32 Å². The second-order valence-corrected chi connectivity index (χ2v) is 12.8. The Labute approximate surface area is 252 Å². The number of ether oxygens (including phenoxy) is 4. The molecule has 5 rings (SSSR count). The molecular weight excluding hydrogens is 556 g/mol. The first-order valence-electron chi connectivity index (χ1n) is 15.3. The van der Waals surface area contributed by atoms with Crippen LogP contribution >= 0.6 is 0 Å². The molecule has 2 amide bonds. The number of amides is 2. The van der Waals surface area contributed by atoms with Crippen molar-refractivity contribution in [2.24, 2.45) is 17.8 Å². The van der Waals surface area contributed by atoms with Crippen LogP contribution in [0.2, 0.25) is 0 Å². The number of ketones is 2. The largest absolute Gasteiger partial charge is 0.390 e. The van der Waals surface area contributed by atoms with E-state index in [1.165, 1.54) is 18.0 Å². The second kappa shape index (κ2) is 12.0. The minimum Gasteiger partial charge on any atom is -0.390 e. The molecule has 0 aromatic carbocycles. The van der Waals surface area contributed by atoms with Crippen LogP contribution in [0.25, 0.3) is 0 Å². The van der Waals surface area contributed by atoms with E-state index < -0.39 is 59.3 Å². The maximum atomic E-state index is 13.6. The van der Waals surface area contributed by atoms with E-state index in [0.717, 1.165) is 5.57 Å².